The summed E-state index contributed by atoms with van der Waals surface area (Å²) in [4.78, 5) is 15.3. The van der Waals surface area contributed by atoms with Crippen molar-refractivity contribution in [2.75, 3.05) is 26.3 Å². The van der Waals surface area contributed by atoms with E-state index in [4.69, 9.17) is 4.74 Å². The zero-order valence-corrected chi connectivity index (χ0v) is 18.3. The van der Waals surface area contributed by atoms with E-state index in [1.54, 1.807) is 0 Å². The topological polar surface area (TPSA) is 41.6 Å². The second-order valence-corrected chi connectivity index (χ2v) is 8.57. The number of fused-ring (bicyclic) bond motifs is 1. The Morgan fingerprint density at radius 2 is 1.71 bits per heavy atom. The molecule has 3 aromatic carbocycles. The van der Waals surface area contributed by atoms with Gasteiger partial charge in [0, 0.05) is 26.3 Å². The fraction of sp³-hybridized carbons (Fsp3) is 0.370. The Morgan fingerprint density at radius 3 is 2.52 bits per heavy atom. The van der Waals surface area contributed by atoms with Gasteiger partial charge in [0.25, 0.3) is 0 Å². The molecular formula is C27H32N2O2. The number of carbonyl (C=O) groups excluding carboxylic acids is 1. The first-order chi connectivity index (χ1) is 15.2. The van der Waals surface area contributed by atoms with Crippen LogP contribution < -0.4 is 5.32 Å². The van der Waals surface area contributed by atoms with Gasteiger partial charge in [0.05, 0.1) is 12.6 Å². The lowest BCUT2D eigenvalue weighted by atomic mass is 9.99. The van der Waals surface area contributed by atoms with Gasteiger partial charge in [-0.05, 0) is 47.6 Å². The molecule has 4 nitrogen and oxygen atoms in total. The van der Waals surface area contributed by atoms with Crippen LogP contribution in [0.3, 0.4) is 0 Å². The van der Waals surface area contributed by atoms with E-state index in [1.165, 1.54) is 16.3 Å². The van der Waals surface area contributed by atoms with Gasteiger partial charge >= 0.3 is 0 Å². The molecule has 1 N–H and O–H groups in total. The SMILES string of the molecule is CC(NC(=O)CN(Cc1ccccc1)CC1CCOCC1)c1cccc2ccccc12. The third kappa shape index (κ3) is 5.93. The molecule has 1 heterocycles. The van der Waals surface area contributed by atoms with E-state index in [0.717, 1.165) is 44.7 Å². The van der Waals surface area contributed by atoms with Crippen LogP contribution in [-0.4, -0.2) is 37.1 Å². The van der Waals surface area contributed by atoms with E-state index >= 15 is 0 Å². The number of rotatable bonds is 8. The molecule has 1 aliphatic rings. The Hall–Kier alpha value is -2.69. The summed E-state index contributed by atoms with van der Waals surface area (Å²) < 4.78 is 5.52. The minimum atomic E-state index is -0.0414. The van der Waals surface area contributed by atoms with Crippen LogP contribution in [0.1, 0.15) is 36.9 Å². The minimum absolute atomic E-state index is 0.0414. The van der Waals surface area contributed by atoms with Crippen LogP contribution in [0.4, 0.5) is 0 Å². The molecular weight excluding hydrogens is 384 g/mol. The normalized spacial score (nSPS) is 15.8. The van der Waals surface area contributed by atoms with Crippen LogP contribution in [-0.2, 0) is 16.1 Å². The lowest BCUT2D eigenvalue weighted by Crippen LogP contribution is -2.41. The van der Waals surface area contributed by atoms with Gasteiger partial charge in [-0.2, -0.15) is 0 Å². The van der Waals surface area contributed by atoms with Gasteiger partial charge in [-0.1, -0.05) is 72.8 Å². The largest absolute Gasteiger partial charge is 0.381 e. The maximum atomic E-state index is 13.0. The van der Waals surface area contributed by atoms with Crippen LogP contribution in [0.15, 0.2) is 72.8 Å². The lowest BCUT2D eigenvalue weighted by Gasteiger charge is -2.30. The summed E-state index contributed by atoms with van der Waals surface area (Å²) >= 11 is 0. The number of nitrogens with one attached hydrogen (secondary N) is 1. The van der Waals surface area contributed by atoms with E-state index in [-0.39, 0.29) is 11.9 Å². The smallest absolute Gasteiger partial charge is 0.234 e. The summed E-state index contributed by atoms with van der Waals surface area (Å²) in [6, 6.07) is 25.0. The second-order valence-electron chi connectivity index (χ2n) is 8.57. The molecule has 0 bridgehead atoms. The van der Waals surface area contributed by atoms with Crippen molar-refractivity contribution in [3.8, 4) is 0 Å². The van der Waals surface area contributed by atoms with Crippen molar-refractivity contribution in [2.24, 2.45) is 5.92 Å². The molecule has 3 aromatic rings. The Balaban J connectivity index is 1.43. The Labute approximate surface area is 185 Å². The molecule has 4 heteroatoms. The highest BCUT2D eigenvalue weighted by atomic mass is 16.5. The summed E-state index contributed by atoms with van der Waals surface area (Å²) in [5.41, 5.74) is 2.40. The third-order valence-electron chi connectivity index (χ3n) is 6.14. The van der Waals surface area contributed by atoms with Crippen LogP contribution in [0.5, 0.6) is 0 Å². The van der Waals surface area contributed by atoms with Crippen molar-refractivity contribution in [1.82, 2.24) is 10.2 Å². The maximum absolute atomic E-state index is 13.0. The fourth-order valence-corrected chi connectivity index (χ4v) is 4.52. The summed E-state index contributed by atoms with van der Waals surface area (Å²) in [6.07, 6.45) is 2.14. The second kappa shape index (κ2) is 10.6. The minimum Gasteiger partial charge on any atom is -0.381 e. The van der Waals surface area contributed by atoms with Crippen molar-refractivity contribution in [1.29, 1.82) is 0 Å². The fourth-order valence-electron chi connectivity index (χ4n) is 4.52. The van der Waals surface area contributed by atoms with Crippen molar-refractivity contribution in [3.05, 3.63) is 83.9 Å². The van der Waals surface area contributed by atoms with Crippen LogP contribution in [0.25, 0.3) is 10.8 Å². The molecule has 1 fully saturated rings. The average Bonchev–Trinajstić information content (AvgIpc) is 2.80. The lowest BCUT2D eigenvalue weighted by molar-refractivity contribution is -0.123. The van der Waals surface area contributed by atoms with E-state index in [2.05, 4.69) is 77.8 Å². The zero-order chi connectivity index (χ0) is 21.5. The molecule has 0 radical (unpaired) electrons. The van der Waals surface area contributed by atoms with Crippen molar-refractivity contribution in [2.45, 2.75) is 32.4 Å². The highest BCUT2D eigenvalue weighted by molar-refractivity contribution is 5.87. The molecule has 1 saturated heterocycles. The monoisotopic (exact) mass is 416 g/mol. The summed E-state index contributed by atoms with van der Waals surface area (Å²) in [7, 11) is 0. The molecule has 0 aromatic heterocycles. The van der Waals surface area contributed by atoms with Gasteiger partial charge in [0.15, 0.2) is 0 Å². The Kier molecular flexibility index (Phi) is 7.34. The Bertz CT molecular complexity index is 977. The number of nitrogens with zero attached hydrogens (tertiary/aromatic N) is 1. The van der Waals surface area contributed by atoms with Gasteiger partial charge in [-0.15, -0.1) is 0 Å². The Morgan fingerprint density at radius 1 is 1.00 bits per heavy atom. The molecule has 1 aliphatic heterocycles. The maximum Gasteiger partial charge on any atom is 0.234 e. The van der Waals surface area contributed by atoms with Crippen molar-refractivity contribution < 1.29 is 9.53 Å². The van der Waals surface area contributed by atoms with Crippen LogP contribution in [0, 0.1) is 5.92 Å². The quantitative estimate of drug-likeness (QED) is 0.565. The number of amides is 1. The van der Waals surface area contributed by atoms with Crippen molar-refractivity contribution in [3.63, 3.8) is 0 Å². The highest BCUT2D eigenvalue weighted by Gasteiger charge is 2.21. The average molecular weight is 417 g/mol. The number of hydrogen-bond acceptors (Lipinski definition) is 3. The van der Waals surface area contributed by atoms with Gasteiger partial charge in [-0.3, -0.25) is 9.69 Å². The molecule has 31 heavy (non-hydrogen) atoms. The summed E-state index contributed by atoms with van der Waals surface area (Å²) in [6.45, 7) is 5.84. The van der Waals surface area contributed by atoms with E-state index < -0.39 is 0 Å². The standard InChI is InChI=1S/C27H32N2O2/c1-21(25-13-7-11-24-10-5-6-12-26(24)25)28-27(30)20-29(18-22-8-3-2-4-9-22)19-23-14-16-31-17-15-23/h2-13,21,23H,14-20H2,1H3,(H,28,30). The van der Waals surface area contributed by atoms with Gasteiger partial charge in [0.2, 0.25) is 5.91 Å². The third-order valence-corrected chi connectivity index (χ3v) is 6.14. The molecule has 162 valence electrons. The number of ether oxygens (including phenoxy) is 1. The number of carbonyl (C=O) groups is 1. The van der Waals surface area contributed by atoms with E-state index in [0.29, 0.717) is 12.5 Å². The van der Waals surface area contributed by atoms with Gasteiger partial charge in [0.1, 0.15) is 0 Å². The first-order valence-electron chi connectivity index (χ1n) is 11.3. The molecule has 0 spiro atoms. The first kappa shape index (κ1) is 21.5. The predicted molar refractivity (Wildman–Crippen MR) is 126 cm³/mol. The van der Waals surface area contributed by atoms with Crippen molar-refractivity contribution >= 4 is 16.7 Å². The van der Waals surface area contributed by atoms with Gasteiger partial charge in [-0.25, -0.2) is 0 Å². The molecule has 4 rings (SSSR count). The first-order valence-corrected chi connectivity index (χ1v) is 11.3. The molecule has 0 saturated carbocycles. The summed E-state index contributed by atoms with van der Waals surface area (Å²) in [5, 5.41) is 5.63. The summed E-state index contributed by atoms with van der Waals surface area (Å²) in [5.74, 6) is 0.657. The molecule has 1 unspecified atom stereocenters. The molecule has 1 atom stereocenters. The number of hydrogen-bond donors (Lipinski definition) is 1. The van der Waals surface area contributed by atoms with Gasteiger partial charge < -0.3 is 10.1 Å². The molecule has 1 amide bonds. The number of benzene rings is 3. The van der Waals surface area contributed by atoms with Crippen LogP contribution >= 0.6 is 0 Å². The zero-order valence-electron chi connectivity index (χ0n) is 18.3. The van der Waals surface area contributed by atoms with E-state index in [1.807, 2.05) is 12.1 Å². The molecule has 0 aliphatic carbocycles. The predicted octanol–water partition coefficient (Wildman–Crippen LogP) is 4.95. The van der Waals surface area contributed by atoms with Crippen LogP contribution in [0.2, 0.25) is 0 Å². The van der Waals surface area contributed by atoms with E-state index in [9.17, 15) is 4.79 Å². The highest BCUT2D eigenvalue weighted by Crippen LogP contribution is 2.24.